The molecule has 2 aromatic carbocycles. The number of hydrogen-bond donors (Lipinski definition) is 2. The van der Waals surface area contributed by atoms with Gasteiger partial charge in [-0.25, -0.2) is 4.39 Å². The molecule has 0 unspecified atom stereocenters. The Hall–Kier alpha value is -1.71. The highest BCUT2D eigenvalue weighted by Gasteiger charge is 2.39. The summed E-state index contributed by atoms with van der Waals surface area (Å²) >= 11 is 0. The lowest BCUT2D eigenvalue weighted by atomic mass is 9.92. The zero-order valence-corrected chi connectivity index (χ0v) is 14.6. The average Bonchev–Trinajstić information content (AvgIpc) is 3.43. The van der Waals surface area contributed by atoms with Crippen LogP contribution in [0.1, 0.15) is 49.1 Å². The Morgan fingerprint density at radius 1 is 0.960 bits per heavy atom. The van der Waals surface area contributed by atoms with Crippen LogP contribution >= 0.6 is 0 Å². The quantitative estimate of drug-likeness (QED) is 0.840. The third-order valence-electron chi connectivity index (χ3n) is 5.77. The van der Waals surface area contributed by atoms with E-state index in [1.165, 1.54) is 24.8 Å². The third-order valence-corrected chi connectivity index (χ3v) is 5.77. The van der Waals surface area contributed by atoms with Gasteiger partial charge in [0.15, 0.2) is 0 Å². The summed E-state index contributed by atoms with van der Waals surface area (Å²) in [5.41, 5.74) is 10.4. The van der Waals surface area contributed by atoms with Gasteiger partial charge in [0.2, 0.25) is 0 Å². The molecule has 0 spiro atoms. The normalized spacial score (nSPS) is 28.7. The van der Waals surface area contributed by atoms with Crippen molar-refractivity contribution in [3.8, 4) is 11.1 Å². The summed E-state index contributed by atoms with van der Waals surface area (Å²) in [4.78, 5) is 0. The fourth-order valence-corrected chi connectivity index (χ4v) is 4.09. The van der Waals surface area contributed by atoms with Gasteiger partial charge in [-0.1, -0.05) is 42.5 Å². The second-order valence-corrected chi connectivity index (χ2v) is 7.68. The SMILES string of the molecule is N[C@H]1CC[C@H](N[C@H]2C[C@@H]2c2ccc(-c3cccc(CF)c3)cc2)CC1. The number of rotatable bonds is 5. The van der Waals surface area contributed by atoms with Gasteiger partial charge in [0.05, 0.1) is 0 Å². The predicted molar refractivity (Wildman–Crippen MR) is 101 cm³/mol. The number of nitrogens with one attached hydrogen (secondary N) is 1. The molecular weight excluding hydrogens is 311 g/mol. The van der Waals surface area contributed by atoms with Gasteiger partial charge >= 0.3 is 0 Å². The first-order chi connectivity index (χ1) is 12.2. The standard InChI is InChI=1S/C22H27FN2/c23-14-15-2-1-3-18(12-15)16-4-6-17(7-5-16)21-13-22(21)25-20-10-8-19(24)9-11-20/h1-7,12,19-22,25H,8-11,13-14,24H2/t19-,20-,21-,22+/m1/s1. The monoisotopic (exact) mass is 338 g/mol. The first kappa shape index (κ1) is 16.7. The van der Waals surface area contributed by atoms with Crippen LogP contribution in [0.5, 0.6) is 0 Å². The number of nitrogens with two attached hydrogens (primary N) is 1. The molecule has 0 aliphatic heterocycles. The Balaban J connectivity index is 1.36. The van der Waals surface area contributed by atoms with Gasteiger partial charge in [0.1, 0.15) is 6.67 Å². The van der Waals surface area contributed by atoms with Crippen LogP contribution in [0.15, 0.2) is 48.5 Å². The van der Waals surface area contributed by atoms with Crippen molar-refractivity contribution in [1.29, 1.82) is 0 Å². The first-order valence-corrected chi connectivity index (χ1v) is 9.50. The fourth-order valence-electron chi connectivity index (χ4n) is 4.09. The van der Waals surface area contributed by atoms with Crippen molar-refractivity contribution in [1.82, 2.24) is 5.32 Å². The van der Waals surface area contributed by atoms with Crippen molar-refractivity contribution in [3.05, 3.63) is 59.7 Å². The molecule has 0 saturated heterocycles. The number of hydrogen-bond acceptors (Lipinski definition) is 2. The van der Waals surface area contributed by atoms with Gasteiger partial charge in [0, 0.05) is 24.0 Å². The average molecular weight is 338 g/mol. The van der Waals surface area contributed by atoms with E-state index in [4.69, 9.17) is 5.73 Å². The van der Waals surface area contributed by atoms with Crippen LogP contribution in [0.4, 0.5) is 4.39 Å². The zero-order chi connectivity index (χ0) is 17.2. The van der Waals surface area contributed by atoms with Gasteiger partial charge in [-0.15, -0.1) is 0 Å². The molecule has 2 saturated carbocycles. The Morgan fingerprint density at radius 3 is 2.44 bits per heavy atom. The van der Waals surface area contributed by atoms with Gasteiger partial charge < -0.3 is 11.1 Å². The molecule has 3 N–H and O–H groups in total. The van der Waals surface area contributed by atoms with Crippen LogP contribution < -0.4 is 11.1 Å². The minimum Gasteiger partial charge on any atom is -0.328 e. The van der Waals surface area contributed by atoms with Crippen LogP contribution in [-0.2, 0) is 6.67 Å². The summed E-state index contributed by atoms with van der Waals surface area (Å²) in [5, 5.41) is 3.83. The fraction of sp³-hybridized carbons (Fsp3) is 0.455. The van der Waals surface area contributed by atoms with E-state index in [1.54, 1.807) is 0 Å². The van der Waals surface area contributed by atoms with Gasteiger partial charge in [-0.3, -0.25) is 0 Å². The molecular formula is C22H27FN2. The molecule has 0 radical (unpaired) electrons. The maximum absolute atomic E-state index is 12.8. The lowest BCUT2D eigenvalue weighted by Crippen LogP contribution is -2.38. The Labute approximate surface area is 149 Å². The second-order valence-electron chi connectivity index (χ2n) is 7.68. The summed E-state index contributed by atoms with van der Waals surface area (Å²) < 4.78 is 12.8. The first-order valence-electron chi connectivity index (χ1n) is 9.50. The van der Waals surface area contributed by atoms with Crippen LogP contribution in [-0.4, -0.2) is 18.1 Å². The molecule has 0 heterocycles. The molecule has 0 aromatic heterocycles. The maximum Gasteiger partial charge on any atom is 0.115 e. The number of alkyl halides is 1. The van der Waals surface area contributed by atoms with E-state index in [1.807, 2.05) is 24.3 Å². The smallest absolute Gasteiger partial charge is 0.115 e. The van der Waals surface area contributed by atoms with Crippen LogP contribution in [0.3, 0.4) is 0 Å². The molecule has 4 rings (SSSR count). The van der Waals surface area contributed by atoms with E-state index < -0.39 is 6.67 Å². The van der Waals surface area contributed by atoms with Crippen molar-refractivity contribution in [2.24, 2.45) is 5.73 Å². The van der Waals surface area contributed by atoms with E-state index in [0.717, 1.165) is 29.5 Å². The molecule has 132 valence electrons. The van der Waals surface area contributed by atoms with E-state index in [2.05, 4.69) is 29.6 Å². The van der Waals surface area contributed by atoms with E-state index in [9.17, 15) is 4.39 Å². The van der Waals surface area contributed by atoms with Crippen LogP contribution in [0.25, 0.3) is 11.1 Å². The summed E-state index contributed by atoms with van der Waals surface area (Å²) in [6, 6.07) is 18.2. The number of benzene rings is 2. The second kappa shape index (κ2) is 7.27. The predicted octanol–water partition coefficient (Wildman–Crippen LogP) is 4.54. The molecule has 2 atom stereocenters. The molecule has 2 aromatic rings. The largest absolute Gasteiger partial charge is 0.328 e. The summed E-state index contributed by atoms with van der Waals surface area (Å²) in [7, 11) is 0. The van der Waals surface area contributed by atoms with Gasteiger partial charge in [-0.05, 0) is 60.4 Å². The molecule has 2 fully saturated rings. The Kier molecular flexibility index (Phi) is 4.87. The molecule has 2 aliphatic carbocycles. The summed E-state index contributed by atoms with van der Waals surface area (Å²) in [6.45, 7) is -0.409. The van der Waals surface area contributed by atoms with E-state index >= 15 is 0 Å². The van der Waals surface area contributed by atoms with Gasteiger partial charge in [-0.2, -0.15) is 0 Å². The molecule has 0 amide bonds. The minimum absolute atomic E-state index is 0.409. The minimum atomic E-state index is -0.409. The van der Waals surface area contributed by atoms with Crippen molar-refractivity contribution in [3.63, 3.8) is 0 Å². The van der Waals surface area contributed by atoms with Crippen LogP contribution in [0, 0.1) is 0 Å². The van der Waals surface area contributed by atoms with E-state index in [0.29, 0.717) is 24.0 Å². The molecule has 25 heavy (non-hydrogen) atoms. The summed E-state index contributed by atoms with van der Waals surface area (Å²) in [6.07, 6.45) is 5.98. The molecule has 2 aliphatic rings. The lowest BCUT2D eigenvalue weighted by Gasteiger charge is -2.27. The molecule has 0 bridgehead atoms. The molecule has 3 heteroatoms. The topological polar surface area (TPSA) is 38.0 Å². The van der Waals surface area contributed by atoms with Crippen molar-refractivity contribution in [2.45, 2.75) is 62.8 Å². The Morgan fingerprint density at radius 2 is 1.72 bits per heavy atom. The highest BCUT2D eigenvalue weighted by atomic mass is 19.1. The zero-order valence-electron chi connectivity index (χ0n) is 14.6. The lowest BCUT2D eigenvalue weighted by molar-refractivity contribution is 0.339. The maximum atomic E-state index is 12.8. The van der Waals surface area contributed by atoms with Crippen LogP contribution in [0.2, 0.25) is 0 Å². The Bertz CT molecular complexity index is 704. The number of halogens is 1. The molecule has 2 nitrogen and oxygen atoms in total. The highest BCUT2D eigenvalue weighted by Crippen LogP contribution is 2.42. The van der Waals surface area contributed by atoms with Crippen molar-refractivity contribution >= 4 is 0 Å². The van der Waals surface area contributed by atoms with Crippen molar-refractivity contribution in [2.75, 3.05) is 0 Å². The van der Waals surface area contributed by atoms with Crippen molar-refractivity contribution < 1.29 is 4.39 Å². The van der Waals surface area contributed by atoms with Gasteiger partial charge in [0.25, 0.3) is 0 Å². The highest BCUT2D eigenvalue weighted by molar-refractivity contribution is 5.64. The third kappa shape index (κ3) is 3.94. The summed E-state index contributed by atoms with van der Waals surface area (Å²) in [5.74, 6) is 0.641. The van der Waals surface area contributed by atoms with E-state index in [-0.39, 0.29) is 0 Å².